The number of rotatable bonds is 1. The van der Waals surface area contributed by atoms with Crippen molar-refractivity contribution < 1.29 is 0 Å². The Labute approximate surface area is 66.4 Å². The summed E-state index contributed by atoms with van der Waals surface area (Å²) in [6.07, 6.45) is 4.55. The normalized spacial score (nSPS) is 16.8. The standard InChI is InChI=1S/C9H12N2/c1-6-4-8(7-2-3-7)5-11-9(6)10/h4-5,7H,2-3H2,1H3,(H2,10,11). The van der Waals surface area contributed by atoms with Crippen LogP contribution in [0.3, 0.4) is 0 Å². The molecule has 0 spiro atoms. The Kier molecular flexibility index (Phi) is 1.34. The third-order valence-electron chi connectivity index (χ3n) is 2.19. The van der Waals surface area contributed by atoms with E-state index in [-0.39, 0.29) is 0 Å². The number of aromatic nitrogens is 1. The number of nitrogen functional groups attached to an aromatic ring is 1. The molecule has 0 amide bonds. The Morgan fingerprint density at radius 1 is 1.55 bits per heavy atom. The average molecular weight is 148 g/mol. The number of pyridine rings is 1. The highest BCUT2D eigenvalue weighted by atomic mass is 14.8. The van der Waals surface area contributed by atoms with E-state index in [1.807, 2.05) is 13.1 Å². The van der Waals surface area contributed by atoms with Gasteiger partial charge in [0, 0.05) is 6.20 Å². The molecule has 58 valence electrons. The Bertz CT molecular complexity index is 277. The molecule has 1 fully saturated rings. The largest absolute Gasteiger partial charge is 0.383 e. The summed E-state index contributed by atoms with van der Waals surface area (Å²) in [4.78, 5) is 4.12. The third kappa shape index (κ3) is 1.20. The van der Waals surface area contributed by atoms with Gasteiger partial charge >= 0.3 is 0 Å². The molecule has 2 nitrogen and oxygen atoms in total. The first-order valence-corrected chi connectivity index (χ1v) is 3.99. The summed E-state index contributed by atoms with van der Waals surface area (Å²) in [5, 5.41) is 0. The second-order valence-corrected chi connectivity index (χ2v) is 3.25. The summed E-state index contributed by atoms with van der Waals surface area (Å²) >= 11 is 0. The van der Waals surface area contributed by atoms with E-state index in [2.05, 4.69) is 11.1 Å². The van der Waals surface area contributed by atoms with Crippen molar-refractivity contribution in [3.63, 3.8) is 0 Å². The molecule has 0 atom stereocenters. The van der Waals surface area contributed by atoms with Gasteiger partial charge in [-0.15, -0.1) is 0 Å². The number of anilines is 1. The molecule has 0 radical (unpaired) electrons. The third-order valence-corrected chi connectivity index (χ3v) is 2.19. The van der Waals surface area contributed by atoms with Gasteiger partial charge in [0.15, 0.2) is 0 Å². The van der Waals surface area contributed by atoms with Crippen molar-refractivity contribution in [2.75, 3.05) is 5.73 Å². The number of hydrogen-bond donors (Lipinski definition) is 1. The van der Waals surface area contributed by atoms with Gasteiger partial charge < -0.3 is 5.73 Å². The van der Waals surface area contributed by atoms with Crippen molar-refractivity contribution >= 4 is 5.82 Å². The minimum absolute atomic E-state index is 0.661. The summed E-state index contributed by atoms with van der Waals surface area (Å²) in [5.41, 5.74) is 8.06. The van der Waals surface area contributed by atoms with Crippen molar-refractivity contribution in [2.45, 2.75) is 25.7 Å². The lowest BCUT2D eigenvalue weighted by Gasteiger charge is -2.01. The van der Waals surface area contributed by atoms with E-state index >= 15 is 0 Å². The van der Waals surface area contributed by atoms with Crippen LogP contribution in [0.5, 0.6) is 0 Å². The van der Waals surface area contributed by atoms with Crippen LogP contribution in [0.25, 0.3) is 0 Å². The number of nitrogens with two attached hydrogens (primary N) is 1. The van der Waals surface area contributed by atoms with Crippen molar-refractivity contribution in [1.82, 2.24) is 4.98 Å². The van der Waals surface area contributed by atoms with Crippen LogP contribution < -0.4 is 5.73 Å². The smallest absolute Gasteiger partial charge is 0.126 e. The van der Waals surface area contributed by atoms with E-state index in [4.69, 9.17) is 5.73 Å². The second-order valence-electron chi connectivity index (χ2n) is 3.25. The lowest BCUT2D eigenvalue weighted by Crippen LogP contribution is -1.94. The van der Waals surface area contributed by atoms with Gasteiger partial charge in [-0.2, -0.15) is 0 Å². The monoisotopic (exact) mass is 148 g/mol. The predicted octanol–water partition coefficient (Wildman–Crippen LogP) is 1.85. The summed E-state index contributed by atoms with van der Waals surface area (Å²) in [7, 11) is 0. The average Bonchev–Trinajstić information content (AvgIpc) is 2.77. The number of hydrogen-bond acceptors (Lipinski definition) is 2. The van der Waals surface area contributed by atoms with Crippen molar-refractivity contribution in [3.8, 4) is 0 Å². The molecule has 0 aliphatic heterocycles. The van der Waals surface area contributed by atoms with Crippen LogP contribution in [-0.2, 0) is 0 Å². The highest BCUT2D eigenvalue weighted by Gasteiger charge is 2.23. The zero-order valence-electron chi connectivity index (χ0n) is 6.67. The van der Waals surface area contributed by atoms with Crippen molar-refractivity contribution in [1.29, 1.82) is 0 Å². The Hall–Kier alpha value is -1.05. The highest BCUT2D eigenvalue weighted by Crippen LogP contribution is 2.40. The SMILES string of the molecule is Cc1cc(C2CC2)cnc1N. The number of nitrogens with zero attached hydrogens (tertiary/aromatic N) is 1. The van der Waals surface area contributed by atoms with Crippen LogP contribution in [0.1, 0.15) is 29.9 Å². The van der Waals surface area contributed by atoms with Crippen molar-refractivity contribution in [2.24, 2.45) is 0 Å². The number of aryl methyl sites for hydroxylation is 1. The Balaban J connectivity index is 2.36. The molecule has 1 aliphatic rings. The lowest BCUT2D eigenvalue weighted by atomic mass is 10.1. The van der Waals surface area contributed by atoms with E-state index in [9.17, 15) is 0 Å². The van der Waals surface area contributed by atoms with E-state index in [1.165, 1.54) is 18.4 Å². The second kappa shape index (κ2) is 2.22. The van der Waals surface area contributed by atoms with Crippen molar-refractivity contribution in [3.05, 3.63) is 23.4 Å². The van der Waals surface area contributed by atoms with Gasteiger partial charge in [-0.3, -0.25) is 0 Å². The van der Waals surface area contributed by atoms with Crippen LogP contribution in [0.2, 0.25) is 0 Å². The Morgan fingerprint density at radius 3 is 2.82 bits per heavy atom. The first kappa shape index (κ1) is 6.65. The molecule has 2 heteroatoms. The van der Waals surface area contributed by atoms with Crippen LogP contribution in [0, 0.1) is 6.92 Å². The molecule has 1 aromatic rings. The zero-order chi connectivity index (χ0) is 7.84. The summed E-state index contributed by atoms with van der Waals surface area (Å²) in [6, 6.07) is 2.15. The van der Waals surface area contributed by atoms with Crippen LogP contribution in [-0.4, -0.2) is 4.98 Å². The maximum absolute atomic E-state index is 5.60. The molecule has 2 N–H and O–H groups in total. The van der Waals surface area contributed by atoms with Gasteiger partial charge in [-0.1, -0.05) is 6.07 Å². The predicted molar refractivity (Wildman–Crippen MR) is 45.4 cm³/mol. The molecule has 0 saturated heterocycles. The summed E-state index contributed by atoms with van der Waals surface area (Å²) in [5.74, 6) is 1.44. The Morgan fingerprint density at radius 2 is 2.27 bits per heavy atom. The molecule has 0 bridgehead atoms. The first-order valence-electron chi connectivity index (χ1n) is 3.99. The summed E-state index contributed by atoms with van der Waals surface area (Å²) in [6.45, 7) is 2.01. The van der Waals surface area contributed by atoms with Gasteiger partial charge in [-0.25, -0.2) is 4.98 Å². The van der Waals surface area contributed by atoms with E-state index < -0.39 is 0 Å². The summed E-state index contributed by atoms with van der Waals surface area (Å²) < 4.78 is 0. The molecule has 1 aliphatic carbocycles. The molecule has 1 aromatic heterocycles. The molecule has 2 rings (SSSR count). The van der Waals surface area contributed by atoms with Gasteiger partial charge in [0.25, 0.3) is 0 Å². The fraction of sp³-hybridized carbons (Fsp3) is 0.444. The van der Waals surface area contributed by atoms with Gasteiger partial charge in [0.05, 0.1) is 0 Å². The quantitative estimate of drug-likeness (QED) is 0.660. The molecule has 0 aromatic carbocycles. The van der Waals surface area contributed by atoms with Gasteiger partial charge in [0.2, 0.25) is 0 Å². The minimum Gasteiger partial charge on any atom is -0.383 e. The molecular formula is C9H12N2. The zero-order valence-corrected chi connectivity index (χ0v) is 6.67. The molecule has 0 unspecified atom stereocenters. The molecular weight excluding hydrogens is 136 g/mol. The fourth-order valence-electron chi connectivity index (χ4n) is 1.25. The van der Waals surface area contributed by atoms with E-state index in [0.29, 0.717) is 5.82 Å². The molecule has 11 heavy (non-hydrogen) atoms. The maximum atomic E-state index is 5.60. The maximum Gasteiger partial charge on any atom is 0.126 e. The molecule has 1 heterocycles. The first-order chi connectivity index (χ1) is 5.27. The lowest BCUT2D eigenvalue weighted by molar-refractivity contribution is 1.08. The fourth-order valence-corrected chi connectivity index (χ4v) is 1.25. The van der Waals surface area contributed by atoms with Gasteiger partial charge in [-0.05, 0) is 36.8 Å². The minimum atomic E-state index is 0.661. The topological polar surface area (TPSA) is 38.9 Å². The van der Waals surface area contributed by atoms with Crippen LogP contribution >= 0.6 is 0 Å². The van der Waals surface area contributed by atoms with Crippen LogP contribution in [0.4, 0.5) is 5.82 Å². The molecule has 1 saturated carbocycles. The van der Waals surface area contributed by atoms with E-state index in [1.54, 1.807) is 0 Å². The van der Waals surface area contributed by atoms with E-state index in [0.717, 1.165) is 11.5 Å². The van der Waals surface area contributed by atoms with Gasteiger partial charge in [0.1, 0.15) is 5.82 Å². The highest BCUT2D eigenvalue weighted by molar-refractivity contribution is 5.41. The van der Waals surface area contributed by atoms with Crippen LogP contribution in [0.15, 0.2) is 12.3 Å².